The maximum atomic E-state index is 13.0. The van der Waals surface area contributed by atoms with E-state index in [0.717, 1.165) is 11.1 Å². The molecule has 6 atom stereocenters. The first-order chi connectivity index (χ1) is 21.0. The van der Waals surface area contributed by atoms with Crippen LogP contribution in [0.4, 0.5) is 4.79 Å². The van der Waals surface area contributed by atoms with Gasteiger partial charge in [-0.3, -0.25) is 14.4 Å². The van der Waals surface area contributed by atoms with E-state index in [9.17, 15) is 24.6 Å². The van der Waals surface area contributed by atoms with Crippen LogP contribution in [0.2, 0.25) is 0 Å². The van der Waals surface area contributed by atoms with Gasteiger partial charge in [0.15, 0.2) is 0 Å². The normalized spacial score (nSPS) is 18.7. The molecule has 6 N–H and O–H groups in total. The summed E-state index contributed by atoms with van der Waals surface area (Å²) >= 11 is 0. The summed E-state index contributed by atoms with van der Waals surface area (Å²) in [5, 5.41) is 28.6. The molecule has 11 nitrogen and oxygen atoms in total. The minimum atomic E-state index is -1.15. The Morgan fingerprint density at radius 1 is 0.886 bits per heavy atom. The molecule has 11 heteroatoms. The minimum Gasteiger partial charge on any atom is -0.465 e. The highest BCUT2D eigenvalue weighted by atomic mass is 16.7. The van der Waals surface area contributed by atoms with E-state index in [2.05, 4.69) is 21.4 Å². The second-order valence-corrected chi connectivity index (χ2v) is 12.3. The lowest BCUT2D eigenvalue weighted by Gasteiger charge is -2.27. The zero-order valence-electron chi connectivity index (χ0n) is 26.1. The molecule has 0 aromatic heterocycles. The number of epoxide rings is 1. The van der Waals surface area contributed by atoms with Crippen LogP contribution in [0.15, 0.2) is 60.7 Å². The van der Waals surface area contributed by atoms with E-state index in [-0.39, 0.29) is 36.7 Å². The Bertz CT molecular complexity index is 1170. The Labute approximate surface area is 260 Å². The number of carbonyl (C=O) groups excluding carboxylic acids is 2. The van der Waals surface area contributed by atoms with Gasteiger partial charge in [-0.25, -0.2) is 4.79 Å². The summed E-state index contributed by atoms with van der Waals surface area (Å²) in [6.45, 7) is 8.27. The van der Waals surface area contributed by atoms with Gasteiger partial charge in [-0.15, -0.1) is 0 Å². The number of carbonyl (C=O) groups is 3. The second kappa shape index (κ2) is 17.7. The predicted molar refractivity (Wildman–Crippen MR) is 166 cm³/mol. The molecule has 0 spiro atoms. The first-order valence-corrected chi connectivity index (χ1v) is 15.4. The monoisotopic (exact) mass is 612 g/mol. The van der Waals surface area contributed by atoms with Crippen molar-refractivity contribution in [2.45, 2.75) is 96.4 Å². The lowest BCUT2D eigenvalue weighted by Crippen LogP contribution is -2.49. The van der Waals surface area contributed by atoms with Crippen LogP contribution in [0, 0.1) is 11.8 Å². The molecule has 1 saturated heterocycles. The van der Waals surface area contributed by atoms with Gasteiger partial charge in [0, 0.05) is 6.54 Å². The van der Waals surface area contributed by atoms with Gasteiger partial charge in [0.05, 0.1) is 37.3 Å². The molecule has 0 aliphatic carbocycles. The quantitative estimate of drug-likeness (QED) is 0.104. The fraction of sp³-hybridized carbons (Fsp3) is 0.545. The molecule has 0 radical (unpaired) electrons. The largest absolute Gasteiger partial charge is 0.465 e. The van der Waals surface area contributed by atoms with Crippen LogP contribution >= 0.6 is 0 Å². The van der Waals surface area contributed by atoms with E-state index < -0.39 is 42.5 Å². The van der Waals surface area contributed by atoms with Crippen LogP contribution in [0.3, 0.4) is 0 Å². The Morgan fingerprint density at radius 2 is 1.50 bits per heavy atom. The molecule has 1 aliphatic heterocycles. The number of hydroxylamine groups is 1. The number of benzene rings is 2. The maximum absolute atomic E-state index is 13.0. The van der Waals surface area contributed by atoms with Crippen molar-refractivity contribution < 1.29 is 34.2 Å². The molecule has 1 fully saturated rings. The number of hydrogen-bond donors (Lipinski definition) is 6. The summed E-state index contributed by atoms with van der Waals surface area (Å²) in [4.78, 5) is 42.8. The van der Waals surface area contributed by atoms with Gasteiger partial charge in [0.1, 0.15) is 12.1 Å². The summed E-state index contributed by atoms with van der Waals surface area (Å²) in [6, 6.07) is 17.4. The molecule has 0 bridgehead atoms. The van der Waals surface area contributed by atoms with Crippen molar-refractivity contribution in [1.82, 2.24) is 21.4 Å². The third-order valence-corrected chi connectivity index (χ3v) is 7.36. The summed E-state index contributed by atoms with van der Waals surface area (Å²) in [5.41, 5.74) is 4.76. The van der Waals surface area contributed by atoms with Crippen molar-refractivity contribution in [1.29, 1.82) is 0 Å². The topological polar surface area (TPSA) is 162 Å². The van der Waals surface area contributed by atoms with Crippen LogP contribution in [-0.4, -0.2) is 71.2 Å². The first kappa shape index (κ1) is 35.0. The number of amides is 3. The summed E-state index contributed by atoms with van der Waals surface area (Å²) in [6.07, 6.45) is -1.52. The summed E-state index contributed by atoms with van der Waals surface area (Å²) in [5.74, 6) is -0.101. The van der Waals surface area contributed by atoms with Crippen molar-refractivity contribution in [3.05, 3.63) is 71.8 Å². The summed E-state index contributed by atoms with van der Waals surface area (Å²) in [7, 11) is 0. The van der Waals surface area contributed by atoms with Crippen molar-refractivity contribution in [2.24, 2.45) is 11.8 Å². The summed E-state index contributed by atoms with van der Waals surface area (Å²) < 4.78 is 5.72. The molecular weight excluding hydrogens is 564 g/mol. The van der Waals surface area contributed by atoms with E-state index in [1.165, 1.54) is 0 Å². The van der Waals surface area contributed by atoms with Crippen molar-refractivity contribution >= 4 is 17.9 Å². The van der Waals surface area contributed by atoms with Crippen LogP contribution < -0.4 is 21.4 Å². The van der Waals surface area contributed by atoms with Gasteiger partial charge >= 0.3 is 6.09 Å². The highest BCUT2D eigenvalue weighted by Crippen LogP contribution is 2.30. The molecule has 0 saturated carbocycles. The zero-order chi connectivity index (χ0) is 32.1. The Morgan fingerprint density at radius 3 is 2.09 bits per heavy atom. The van der Waals surface area contributed by atoms with Gasteiger partial charge in [-0.2, -0.15) is 5.48 Å². The molecule has 1 heterocycles. The third-order valence-electron chi connectivity index (χ3n) is 7.36. The van der Waals surface area contributed by atoms with Crippen LogP contribution in [-0.2, 0) is 32.1 Å². The van der Waals surface area contributed by atoms with Gasteiger partial charge in [-0.05, 0) is 42.2 Å². The predicted octanol–water partition coefficient (Wildman–Crippen LogP) is 3.17. The first-order valence-electron chi connectivity index (χ1n) is 15.4. The van der Waals surface area contributed by atoms with Crippen molar-refractivity contribution in [2.75, 3.05) is 6.61 Å². The average Bonchev–Trinajstić information content (AvgIpc) is 3.73. The van der Waals surface area contributed by atoms with Crippen LogP contribution in [0.1, 0.15) is 58.1 Å². The molecule has 44 heavy (non-hydrogen) atoms. The Balaban J connectivity index is 1.49. The number of rotatable bonds is 19. The molecule has 6 unspecified atom stereocenters. The molecule has 2 aromatic rings. The highest BCUT2D eigenvalue weighted by Gasteiger charge is 2.46. The van der Waals surface area contributed by atoms with Crippen molar-refractivity contribution in [3.8, 4) is 0 Å². The molecule has 3 amide bonds. The Kier molecular flexibility index (Phi) is 14.1. The van der Waals surface area contributed by atoms with Gasteiger partial charge in [0.25, 0.3) is 0 Å². The third kappa shape index (κ3) is 12.6. The maximum Gasteiger partial charge on any atom is 0.404 e. The van der Waals surface area contributed by atoms with E-state index in [0.29, 0.717) is 25.8 Å². The number of carboxylic acid groups (broad SMARTS) is 1. The lowest BCUT2D eigenvalue weighted by atomic mass is 9.98. The van der Waals surface area contributed by atoms with Crippen LogP contribution in [0.5, 0.6) is 0 Å². The molecule has 3 rings (SSSR count). The highest BCUT2D eigenvalue weighted by molar-refractivity contribution is 5.81. The second-order valence-electron chi connectivity index (χ2n) is 12.3. The number of aliphatic hydroxyl groups excluding tert-OH is 1. The standard InChI is InChI=1S/C33H48N4O7/c1-21(2)15-25(28(38)20-43-37-27(16-22(3)4)32(40)34-19-24-13-9-6-10-14-24)35-30(39)18-29-31(44-29)26(36-33(41)42)17-23-11-7-5-8-12-23/h5-14,21-22,25-29,31,36-38H,15-20H2,1-4H3,(H,34,40)(H,35,39)(H,41,42). The Hall–Kier alpha value is -3.51. The average molecular weight is 613 g/mol. The fourth-order valence-electron chi connectivity index (χ4n) is 5.16. The van der Waals surface area contributed by atoms with Gasteiger partial charge in [-0.1, -0.05) is 88.4 Å². The molecular formula is C33H48N4O7. The molecule has 2 aromatic carbocycles. The molecule has 1 aliphatic rings. The lowest BCUT2D eigenvalue weighted by molar-refractivity contribution is -0.130. The fourth-order valence-corrected chi connectivity index (χ4v) is 5.16. The number of hydrogen-bond acceptors (Lipinski definition) is 7. The smallest absolute Gasteiger partial charge is 0.404 e. The van der Waals surface area contributed by atoms with Crippen LogP contribution in [0.25, 0.3) is 0 Å². The SMILES string of the molecule is CC(C)CC(NOCC(O)C(CC(C)C)NC(=O)CC1OC1C(Cc1ccccc1)NC(=O)O)C(=O)NCc1ccccc1. The van der Waals surface area contributed by atoms with Gasteiger partial charge in [0.2, 0.25) is 11.8 Å². The zero-order valence-corrected chi connectivity index (χ0v) is 26.1. The minimum absolute atomic E-state index is 0.0374. The van der Waals surface area contributed by atoms with E-state index >= 15 is 0 Å². The van der Waals surface area contributed by atoms with Crippen molar-refractivity contribution in [3.63, 3.8) is 0 Å². The molecule has 242 valence electrons. The van der Waals surface area contributed by atoms with E-state index in [1.807, 2.05) is 88.4 Å². The number of ether oxygens (including phenoxy) is 1. The van der Waals surface area contributed by atoms with E-state index in [4.69, 9.17) is 9.57 Å². The van der Waals surface area contributed by atoms with E-state index in [1.54, 1.807) is 0 Å². The number of nitrogens with one attached hydrogen (secondary N) is 4. The van der Waals surface area contributed by atoms with Gasteiger partial charge < -0.3 is 30.9 Å². The number of aliphatic hydroxyl groups is 1.